The SMILES string of the molecule is CCC(Cc1c(N)cc(C(=O)O)cc1N)OC(=O)C=Cc1ccc(OC(F)(F)c2ccc(OCCCCC#N)cc2)cc1. The Hall–Kier alpha value is -5.11. The fraction of sp³-hybridized carbons (Fsp3) is 0.281. The maximum absolute atomic E-state index is 14.7. The van der Waals surface area contributed by atoms with Gasteiger partial charge in [-0.1, -0.05) is 19.1 Å². The number of carboxylic acids is 1. The Kier molecular flexibility index (Phi) is 11.5. The van der Waals surface area contributed by atoms with E-state index in [4.69, 9.17) is 36.0 Å². The van der Waals surface area contributed by atoms with Crippen LogP contribution in [-0.2, 0) is 22.1 Å². The number of hydrogen-bond acceptors (Lipinski definition) is 8. The zero-order valence-corrected chi connectivity index (χ0v) is 23.6. The van der Waals surface area contributed by atoms with Crippen LogP contribution in [0.15, 0.2) is 66.7 Å². The molecule has 0 amide bonds. The van der Waals surface area contributed by atoms with Crippen molar-refractivity contribution in [3.63, 3.8) is 0 Å². The predicted octanol–water partition coefficient (Wildman–Crippen LogP) is 6.33. The molecule has 9 nitrogen and oxygen atoms in total. The summed E-state index contributed by atoms with van der Waals surface area (Å²) in [5.74, 6) is -1.41. The highest BCUT2D eigenvalue weighted by Crippen LogP contribution is 2.33. The number of anilines is 2. The fourth-order valence-corrected chi connectivity index (χ4v) is 4.04. The first-order chi connectivity index (χ1) is 20.5. The third-order valence-electron chi connectivity index (χ3n) is 6.42. The van der Waals surface area contributed by atoms with E-state index in [2.05, 4.69) is 6.07 Å². The van der Waals surface area contributed by atoms with Crippen LogP contribution in [0.5, 0.6) is 11.5 Å². The number of ether oxygens (including phenoxy) is 3. The van der Waals surface area contributed by atoms with Gasteiger partial charge in [-0.05, 0) is 79.4 Å². The van der Waals surface area contributed by atoms with Gasteiger partial charge in [0.1, 0.15) is 17.6 Å². The number of nitriles is 1. The van der Waals surface area contributed by atoms with Gasteiger partial charge in [0.05, 0.1) is 23.8 Å². The molecule has 0 heterocycles. The minimum absolute atomic E-state index is 0.0353. The van der Waals surface area contributed by atoms with Gasteiger partial charge in [-0.25, -0.2) is 9.59 Å². The van der Waals surface area contributed by atoms with Gasteiger partial charge in [-0.15, -0.1) is 0 Å². The largest absolute Gasteiger partial charge is 0.494 e. The number of unbranched alkanes of at least 4 members (excludes halogenated alkanes) is 2. The minimum Gasteiger partial charge on any atom is -0.494 e. The Morgan fingerprint density at radius 2 is 1.65 bits per heavy atom. The molecule has 0 spiro atoms. The number of carbonyl (C=O) groups is 2. The lowest BCUT2D eigenvalue weighted by Gasteiger charge is -2.19. The number of nitrogens with zero attached hydrogens (tertiary/aromatic N) is 1. The van der Waals surface area contributed by atoms with Gasteiger partial charge in [0.25, 0.3) is 0 Å². The monoisotopic (exact) mass is 593 g/mol. The summed E-state index contributed by atoms with van der Waals surface area (Å²) in [6, 6.07) is 15.7. The highest BCUT2D eigenvalue weighted by molar-refractivity contribution is 5.91. The molecule has 1 atom stereocenters. The molecule has 5 N–H and O–H groups in total. The van der Waals surface area contributed by atoms with Crippen molar-refractivity contribution in [1.82, 2.24) is 0 Å². The van der Waals surface area contributed by atoms with E-state index in [1.807, 2.05) is 6.92 Å². The van der Waals surface area contributed by atoms with Gasteiger partial charge < -0.3 is 30.8 Å². The number of esters is 1. The van der Waals surface area contributed by atoms with Crippen LogP contribution < -0.4 is 20.9 Å². The molecule has 0 aromatic heterocycles. The summed E-state index contributed by atoms with van der Waals surface area (Å²) in [5, 5.41) is 17.7. The van der Waals surface area contributed by atoms with E-state index < -0.39 is 24.2 Å². The molecule has 3 aromatic carbocycles. The number of hydrogen-bond donors (Lipinski definition) is 3. The first-order valence-corrected chi connectivity index (χ1v) is 13.6. The van der Waals surface area contributed by atoms with Gasteiger partial charge in [0.15, 0.2) is 0 Å². The van der Waals surface area contributed by atoms with Gasteiger partial charge in [-0.3, -0.25) is 0 Å². The van der Waals surface area contributed by atoms with Crippen LogP contribution in [0.3, 0.4) is 0 Å². The van der Waals surface area contributed by atoms with E-state index >= 15 is 0 Å². The van der Waals surface area contributed by atoms with E-state index in [1.165, 1.54) is 72.8 Å². The predicted molar refractivity (Wildman–Crippen MR) is 158 cm³/mol. The highest BCUT2D eigenvalue weighted by atomic mass is 19.3. The Balaban J connectivity index is 1.54. The van der Waals surface area contributed by atoms with Crippen LogP contribution >= 0.6 is 0 Å². The summed E-state index contributed by atoms with van der Waals surface area (Å²) < 4.78 is 45.4. The molecule has 0 aliphatic carbocycles. The van der Waals surface area contributed by atoms with Crippen molar-refractivity contribution in [3.8, 4) is 17.6 Å². The Morgan fingerprint density at radius 1 is 1.02 bits per heavy atom. The van der Waals surface area contributed by atoms with Crippen molar-refractivity contribution >= 4 is 29.4 Å². The minimum atomic E-state index is -3.59. The molecule has 0 radical (unpaired) electrons. The molecular weight excluding hydrogens is 560 g/mol. The van der Waals surface area contributed by atoms with Gasteiger partial charge in [0, 0.05) is 35.9 Å². The Bertz CT molecular complexity index is 1440. The molecule has 0 aliphatic heterocycles. The molecule has 0 saturated carbocycles. The van der Waals surface area contributed by atoms with Gasteiger partial charge >= 0.3 is 18.0 Å². The van der Waals surface area contributed by atoms with Crippen LogP contribution in [0.4, 0.5) is 20.2 Å². The molecule has 0 fully saturated rings. The van der Waals surface area contributed by atoms with Crippen LogP contribution in [0.25, 0.3) is 6.08 Å². The van der Waals surface area contributed by atoms with E-state index in [0.29, 0.717) is 49.2 Å². The fourth-order valence-electron chi connectivity index (χ4n) is 4.04. The summed E-state index contributed by atoms with van der Waals surface area (Å²) >= 11 is 0. The van der Waals surface area contributed by atoms with Crippen molar-refractivity contribution in [2.75, 3.05) is 18.1 Å². The second-order valence-electron chi connectivity index (χ2n) is 9.62. The number of benzene rings is 3. The summed E-state index contributed by atoms with van der Waals surface area (Å²) in [6.07, 6.45) is 1.02. The lowest BCUT2D eigenvalue weighted by atomic mass is 10.00. The van der Waals surface area contributed by atoms with Crippen LogP contribution in [-0.4, -0.2) is 29.8 Å². The first-order valence-electron chi connectivity index (χ1n) is 13.6. The number of carboxylic acid groups (broad SMARTS) is 1. The number of halogens is 2. The maximum Gasteiger partial charge on any atom is 0.426 e. The standard InChI is InChI=1S/C32H33F2N3O6/c1-2-24(20-27-28(36)18-22(31(39)40)19-29(27)37)42-30(38)15-8-21-6-11-26(12-7-21)43-32(33,34)23-9-13-25(14-10-23)41-17-5-3-4-16-35/h6-15,18-19,24H,2-5,17,20,36-37H2,1H3,(H,39,40). The molecule has 0 saturated heterocycles. The topological polar surface area (TPSA) is 158 Å². The molecular formula is C32H33F2N3O6. The van der Waals surface area contributed by atoms with E-state index in [-0.39, 0.29) is 34.7 Å². The molecule has 3 aromatic rings. The Labute approximate surface area is 248 Å². The zero-order chi connectivity index (χ0) is 31.4. The summed E-state index contributed by atoms with van der Waals surface area (Å²) in [6.45, 7) is 2.21. The number of aromatic carboxylic acids is 1. The summed E-state index contributed by atoms with van der Waals surface area (Å²) in [7, 11) is 0. The smallest absolute Gasteiger partial charge is 0.426 e. The summed E-state index contributed by atoms with van der Waals surface area (Å²) in [5.41, 5.74) is 13.0. The molecule has 0 bridgehead atoms. The lowest BCUT2D eigenvalue weighted by Crippen LogP contribution is -2.21. The highest BCUT2D eigenvalue weighted by Gasteiger charge is 2.34. The third kappa shape index (κ3) is 9.74. The van der Waals surface area contributed by atoms with Gasteiger partial charge in [0.2, 0.25) is 0 Å². The van der Waals surface area contributed by atoms with Crippen LogP contribution in [0, 0.1) is 11.3 Å². The quantitative estimate of drug-likeness (QED) is 0.0792. The van der Waals surface area contributed by atoms with E-state index in [9.17, 15) is 18.4 Å². The number of nitrogens with two attached hydrogens (primary N) is 2. The number of carbonyl (C=O) groups excluding carboxylic acids is 1. The van der Waals surface area contributed by atoms with Crippen molar-refractivity contribution < 1.29 is 37.7 Å². The number of nitrogen functional groups attached to an aromatic ring is 2. The lowest BCUT2D eigenvalue weighted by molar-refractivity contribution is -0.185. The molecule has 0 aliphatic rings. The van der Waals surface area contributed by atoms with E-state index in [0.717, 1.165) is 0 Å². The third-order valence-corrected chi connectivity index (χ3v) is 6.42. The molecule has 3 rings (SSSR count). The second-order valence-corrected chi connectivity index (χ2v) is 9.62. The number of alkyl halides is 2. The molecule has 43 heavy (non-hydrogen) atoms. The average molecular weight is 594 g/mol. The van der Waals surface area contributed by atoms with Gasteiger partial charge in [-0.2, -0.15) is 14.0 Å². The molecule has 1 unspecified atom stereocenters. The molecule has 11 heteroatoms. The first kappa shape index (κ1) is 32.4. The Morgan fingerprint density at radius 3 is 2.23 bits per heavy atom. The number of rotatable bonds is 15. The molecule has 226 valence electrons. The van der Waals surface area contributed by atoms with E-state index in [1.54, 1.807) is 0 Å². The second kappa shape index (κ2) is 15.2. The summed E-state index contributed by atoms with van der Waals surface area (Å²) in [4.78, 5) is 23.6. The average Bonchev–Trinajstić information content (AvgIpc) is 2.97. The normalized spacial score (nSPS) is 12.0. The maximum atomic E-state index is 14.7. The van der Waals surface area contributed by atoms with Crippen LogP contribution in [0.2, 0.25) is 0 Å². The van der Waals surface area contributed by atoms with Crippen molar-refractivity contribution in [3.05, 3.63) is 89.0 Å². The van der Waals surface area contributed by atoms with Crippen molar-refractivity contribution in [1.29, 1.82) is 5.26 Å². The zero-order valence-electron chi connectivity index (χ0n) is 23.6. The van der Waals surface area contributed by atoms with Crippen molar-refractivity contribution in [2.45, 2.75) is 51.2 Å². The van der Waals surface area contributed by atoms with Crippen molar-refractivity contribution in [2.24, 2.45) is 0 Å². The van der Waals surface area contributed by atoms with Crippen LogP contribution in [0.1, 0.15) is 59.7 Å².